The lowest BCUT2D eigenvalue weighted by atomic mass is 9.98. The Hall–Kier alpha value is -4.37. The fourth-order valence-electron chi connectivity index (χ4n) is 5.16. The predicted molar refractivity (Wildman–Crippen MR) is 140 cm³/mol. The SMILES string of the molecule is CCC1CN(C(c2ccc(F)cc2)c2ccc(C(F)(F)F)cn2)CCN1c1nc(=O)n(C)c2ccc(C#N)nc12. The van der Waals surface area contributed by atoms with Crippen LogP contribution in [0.2, 0.25) is 0 Å². The first-order valence-corrected chi connectivity index (χ1v) is 12.7. The largest absolute Gasteiger partial charge is 0.417 e. The van der Waals surface area contributed by atoms with E-state index >= 15 is 0 Å². The summed E-state index contributed by atoms with van der Waals surface area (Å²) >= 11 is 0. The minimum absolute atomic E-state index is 0.151. The highest BCUT2D eigenvalue weighted by molar-refractivity contribution is 5.86. The van der Waals surface area contributed by atoms with Gasteiger partial charge in [-0.15, -0.1) is 0 Å². The monoisotopic (exact) mass is 551 g/mol. The number of benzene rings is 1. The van der Waals surface area contributed by atoms with Gasteiger partial charge in [0.25, 0.3) is 0 Å². The quantitative estimate of drug-likeness (QED) is 0.339. The van der Waals surface area contributed by atoms with Crippen molar-refractivity contribution in [3.05, 3.63) is 93.5 Å². The molecule has 0 aliphatic carbocycles. The zero-order valence-corrected chi connectivity index (χ0v) is 21.7. The summed E-state index contributed by atoms with van der Waals surface area (Å²) in [6, 6.07) is 12.8. The number of fused-ring (bicyclic) bond motifs is 1. The Balaban J connectivity index is 1.53. The van der Waals surface area contributed by atoms with Crippen LogP contribution < -0.4 is 10.6 Å². The van der Waals surface area contributed by atoms with Crippen molar-refractivity contribution in [2.24, 2.45) is 7.05 Å². The van der Waals surface area contributed by atoms with Crippen molar-refractivity contribution in [2.45, 2.75) is 31.6 Å². The summed E-state index contributed by atoms with van der Waals surface area (Å²) in [5, 5.41) is 9.40. The maximum absolute atomic E-state index is 13.8. The maximum atomic E-state index is 13.8. The third-order valence-corrected chi connectivity index (χ3v) is 7.25. The molecule has 1 fully saturated rings. The fraction of sp³-hybridized carbons (Fsp3) is 0.321. The lowest BCUT2D eigenvalue weighted by Gasteiger charge is -2.45. The summed E-state index contributed by atoms with van der Waals surface area (Å²) in [7, 11) is 1.59. The summed E-state index contributed by atoms with van der Waals surface area (Å²) in [5.74, 6) is -0.0420. The second-order valence-electron chi connectivity index (χ2n) is 9.63. The maximum Gasteiger partial charge on any atom is 0.417 e. The number of hydrogen-bond donors (Lipinski definition) is 0. The molecule has 1 aliphatic heterocycles. The van der Waals surface area contributed by atoms with Crippen molar-refractivity contribution in [3.8, 4) is 6.07 Å². The second-order valence-corrected chi connectivity index (χ2v) is 9.63. The molecule has 40 heavy (non-hydrogen) atoms. The van der Waals surface area contributed by atoms with E-state index in [1.165, 1.54) is 22.8 Å². The predicted octanol–water partition coefficient (Wildman–Crippen LogP) is 4.44. The Morgan fingerprint density at radius 3 is 2.45 bits per heavy atom. The standard InChI is InChI=1S/C28H25F4N7O/c1-3-21-16-38(12-13-39(21)26-24-23(37(2)27(40)36-26)11-9-20(14-33)35-24)25(17-4-7-19(29)8-5-17)22-10-6-18(15-34-22)28(30,31)32/h4-11,15,21,25H,3,12-13,16H2,1-2H3. The molecule has 5 rings (SSSR count). The van der Waals surface area contributed by atoms with E-state index in [-0.39, 0.29) is 11.7 Å². The average Bonchev–Trinajstić information content (AvgIpc) is 2.95. The van der Waals surface area contributed by atoms with Gasteiger partial charge in [-0.1, -0.05) is 19.1 Å². The van der Waals surface area contributed by atoms with E-state index in [0.717, 1.165) is 12.3 Å². The Bertz CT molecular complexity index is 1630. The topological polar surface area (TPSA) is 90.9 Å². The van der Waals surface area contributed by atoms with E-state index in [1.807, 2.05) is 17.9 Å². The number of hydrogen-bond acceptors (Lipinski definition) is 7. The number of aromatic nitrogens is 4. The lowest BCUT2D eigenvalue weighted by Crippen LogP contribution is -2.54. The highest BCUT2D eigenvalue weighted by Crippen LogP contribution is 2.35. The third-order valence-electron chi connectivity index (χ3n) is 7.25. The molecule has 1 saturated heterocycles. The number of halogens is 4. The van der Waals surface area contributed by atoms with Crippen LogP contribution in [0.3, 0.4) is 0 Å². The Morgan fingerprint density at radius 2 is 1.82 bits per heavy atom. The van der Waals surface area contributed by atoms with Crippen molar-refractivity contribution in [2.75, 3.05) is 24.5 Å². The average molecular weight is 552 g/mol. The lowest BCUT2D eigenvalue weighted by molar-refractivity contribution is -0.137. The van der Waals surface area contributed by atoms with Gasteiger partial charge in [-0.25, -0.2) is 14.2 Å². The molecular formula is C28H25F4N7O. The summed E-state index contributed by atoms with van der Waals surface area (Å²) in [6.45, 7) is 3.31. The highest BCUT2D eigenvalue weighted by Gasteiger charge is 2.35. The zero-order chi connectivity index (χ0) is 28.6. The number of nitrogens with zero attached hydrogens (tertiary/aromatic N) is 7. The summed E-state index contributed by atoms with van der Waals surface area (Å²) in [5.41, 5.74) is 0.972. The molecule has 1 aromatic carbocycles. The van der Waals surface area contributed by atoms with Crippen LogP contribution in [0.4, 0.5) is 23.4 Å². The third kappa shape index (κ3) is 5.12. The van der Waals surface area contributed by atoms with Gasteiger partial charge >= 0.3 is 11.9 Å². The van der Waals surface area contributed by atoms with Crippen molar-refractivity contribution >= 4 is 16.9 Å². The van der Waals surface area contributed by atoms with Gasteiger partial charge in [-0.2, -0.15) is 23.4 Å². The van der Waals surface area contributed by atoms with Crippen molar-refractivity contribution in [1.29, 1.82) is 5.26 Å². The van der Waals surface area contributed by atoms with Crippen LogP contribution in [0, 0.1) is 17.1 Å². The molecule has 4 aromatic rings. The van der Waals surface area contributed by atoms with Crippen molar-refractivity contribution < 1.29 is 17.6 Å². The number of pyridine rings is 2. The summed E-state index contributed by atoms with van der Waals surface area (Å²) in [4.78, 5) is 29.7. The molecular weight excluding hydrogens is 526 g/mol. The first-order chi connectivity index (χ1) is 19.1. The van der Waals surface area contributed by atoms with Crippen LogP contribution in [0.25, 0.3) is 11.0 Å². The number of piperazine rings is 1. The second kappa shape index (κ2) is 10.7. The van der Waals surface area contributed by atoms with Crippen molar-refractivity contribution in [1.82, 2.24) is 24.4 Å². The van der Waals surface area contributed by atoms with Gasteiger partial charge in [0.2, 0.25) is 0 Å². The summed E-state index contributed by atoms with van der Waals surface area (Å²) < 4.78 is 54.8. The molecule has 2 atom stereocenters. The number of rotatable bonds is 5. The number of nitriles is 1. The highest BCUT2D eigenvalue weighted by atomic mass is 19.4. The molecule has 4 heterocycles. The molecule has 0 bridgehead atoms. The first-order valence-electron chi connectivity index (χ1n) is 12.7. The van der Waals surface area contributed by atoms with E-state index in [2.05, 4.69) is 19.9 Å². The molecule has 0 saturated carbocycles. The van der Waals surface area contributed by atoms with Crippen LogP contribution in [0.1, 0.15) is 41.9 Å². The molecule has 1 aliphatic rings. The van der Waals surface area contributed by atoms with E-state index in [4.69, 9.17) is 0 Å². The van der Waals surface area contributed by atoms with Gasteiger partial charge < -0.3 is 4.90 Å². The van der Waals surface area contributed by atoms with Gasteiger partial charge in [0.1, 0.15) is 23.1 Å². The Morgan fingerprint density at radius 1 is 1.07 bits per heavy atom. The minimum Gasteiger partial charge on any atom is -0.349 e. The van der Waals surface area contributed by atoms with Gasteiger partial charge in [-0.3, -0.25) is 14.5 Å². The molecule has 8 nitrogen and oxygen atoms in total. The number of anilines is 1. The van der Waals surface area contributed by atoms with Gasteiger partial charge in [0, 0.05) is 38.9 Å². The molecule has 206 valence electrons. The molecule has 0 radical (unpaired) electrons. The van der Waals surface area contributed by atoms with Crippen molar-refractivity contribution in [3.63, 3.8) is 0 Å². The van der Waals surface area contributed by atoms with Gasteiger partial charge in [0.15, 0.2) is 5.82 Å². The van der Waals surface area contributed by atoms with E-state index in [1.54, 1.807) is 31.3 Å². The van der Waals surface area contributed by atoms with Gasteiger partial charge in [-0.05, 0) is 48.4 Å². The smallest absolute Gasteiger partial charge is 0.349 e. The molecule has 0 amide bonds. The van der Waals surface area contributed by atoms with Crippen LogP contribution >= 0.6 is 0 Å². The Kier molecular flexibility index (Phi) is 7.25. The summed E-state index contributed by atoms with van der Waals surface area (Å²) in [6.07, 6.45) is -3.05. The normalized spacial score (nSPS) is 17.1. The van der Waals surface area contributed by atoms with Gasteiger partial charge in [0.05, 0.1) is 22.8 Å². The van der Waals surface area contributed by atoms with Crippen LogP contribution in [0.5, 0.6) is 0 Å². The first kappa shape index (κ1) is 27.2. The van der Waals surface area contributed by atoms with Crippen LogP contribution in [0.15, 0.2) is 59.5 Å². The number of alkyl halides is 3. The molecule has 12 heteroatoms. The molecule has 2 unspecified atom stereocenters. The zero-order valence-electron chi connectivity index (χ0n) is 21.7. The molecule has 0 N–H and O–H groups in total. The number of aryl methyl sites for hydroxylation is 1. The fourth-order valence-corrected chi connectivity index (χ4v) is 5.16. The van der Waals surface area contributed by atoms with E-state index < -0.39 is 29.3 Å². The van der Waals surface area contributed by atoms with Crippen LogP contribution in [-0.2, 0) is 13.2 Å². The van der Waals surface area contributed by atoms with E-state index in [0.29, 0.717) is 54.2 Å². The Labute approximate surface area is 227 Å². The minimum atomic E-state index is -4.52. The van der Waals surface area contributed by atoms with Crippen LogP contribution in [-0.4, -0.2) is 50.1 Å². The molecule has 3 aromatic heterocycles. The molecule has 0 spiro atoms. The van der Waals surface area contributed by atoms with E-state index in [9.17, 15) is 27.6 Å².